The van der Waals surface area contributed by atoms with Crippen LogP contribution in [0.2, 0.25) is 0 Å². The van der Waals surface area contributed by atoms with Crippen molar-refractivity contribution in [2.75, 3.05) is 0 Å². The first-order valence-electron chi connectivity index (χ1n) is 4.46. The van der Waals surface area contributed by atoms with Crippen molar-refractivity contribution in [3.8, 4) is 5.75 Å². The number of nitrogen functional groups attached to an aromatic ring is 1. The Balaban J connectivity index is 3.05. The van der Waals surface area contributed by atoms with Crippen LogP contribution in [-0.4, -0.2) is 18.0 Å². The van der Waals surface area contributed by atoms with E-state index in [1.807, 2.05) is 0 Å². The third kappa shape index (κ3) is 2.96. The Morgan fingerprint density at radius 1 is 1.41 bits per heavy atom. The molecule has 0 bridgehead atoms. The maximum absolute atomic E-state index is 12.0. The Morgan fingerprint density at radius 2 is 2.00 bits per heavy atom. The number of halogens is 3. The van der Waals surface area contributed by atoms with Gasteiger partial charge in [0.25, 0.3) is 0 Å². The van der Waals surface area contributed by atoms with Crippen LogP contribution in [-0.2, 0) is 4.79 Å². The number of carbonyl (C=O) groups is 1. The highest BCUT2D eigenvalue weighted by Crippen LogP contribution is 2.24. The van der Waals surface area contributed by atoms with E-state index in [0.717, 1.165) is 0 Å². The predicted octanol–water partition coefficient (Wildman–Crippen LogP) is 1.75. The van der Waals surface area contributed by atoms with E-state index in [1.165, 1.54) is 25.1 Å². The molecule has 0 spiro atoms. The molecule has 0 aliphatic rings. The van der Waals surface area contributed by atoms with Crippen molar-refractivity contribution in [3.63, 3.8) is 0 Å². The van der Waals surface area contributed by atoms with Gasteiger partial charge in [0.05, 0.1) is 0 Å². The summed E-state index contributed by atoms with van der Waals surface area (Å²) in [4.78, 5) is 10.6. The van der Waals surface area contributed by atoms with Gasteiger partial charge in [-0.2, -0.15) is 13.2 Å². The Hall–Kier alpha value is -2.05. The van der Waals surface area contributed by atoms with Crippen molar-refractivity contribution in [1.82, 2.24) is 0 Å². The number of esters is 1. The van der Waals surface area contributed by atoms with Crippen LogP contribution in [0.4, 0.5) is 13.2 Å². The van der Waals surface area contributed by atoms with Crippen LogP contribution in [0.25, 0.3) is 0 Å². The molecule has 0 unspecified atom stereocenters. The number of ether oxygens (including phenoxy) is 1. The van der Waals surface area contributed by atoms with E-state index in [0.29, 0.717) is 0 Å². The van der Waals surface area contributed by atoms with Gasteiger partial charge in [-0.15, -0.1) is 0 Å². The molecular formula is C10H9F3N2O2. The van der Waals surface area contributed by atoms with Gasteiger partial charge in [-0.25, -0.2) is 4.79 Å². The molecule has 3 N–H and O–H groups in total. The van der Waals surface area contributed by atoms with Gasteiger partial charge >= 0.3 is 12.1 Å². The number of hydrogen-bond acceptors (Lipinski definition) is 3. The van der Waals surface area contributed by atoms with E-state index in [9.17, 15) is 18.0 Å². The van der Waals surface area contributed by atoms with Crippen molar-refractivity contribution < 1.29 is 22.7 Å². The number of nitrogens with one attached hydrogen (secondary N) is 1. The number of nitrogens with two attached hydrogens (primary N) is 1. The smallest absolute Gasteiger partial charge is 0.420 e. The molecule has 0 aliphatic heterocycles. The standard InChI is InChI=1S/C10H9F3N2O2/c1-5-6(8(14)15)3-2-4-7(5)17-9(16)10(11,12)13/h2-4H,1H3,(H3,14,15). The average molecular weight is 246 g/mol. The molecule has 1 aromatic carbocycles. The van der Waals surface area contributed by atoms with E-state index >= 15 is 0 Å². The molecule has 0 saturated heterocycles. The van der Waals surface area contributed by atoms with E-state index in [-0.39, 0.29) is 22.7 Å². The fourth-order valence-electron chi connectivity index (χ4n) is 1.17. The molecule has 4 nitrogen and oxygen atoms in total. The second kappa shape index (κ2) is 4.44. The first kappa shape index (κ1) is 13.0. The van der Waals surface area contributed by atoms with Gasteiger partial charge in [0.15, 0.2) is 0 Å². The minimum atomic E-state index is -5.06. The maximum atomic E-state index is 12.0. The Kier molecular flexibility index (Phi) is 3.40. The summed E-state index contributed by atoms with van der Waals surface area (Å²) in [7, 11) is 0. The lowest BCUT2D eigenvalue weighted by Gasteiger charge is -2.11. The summed E-state index contributed by atoms with van der Waals surface area (Å²) in [5.41, 5.74) is 5.65. The number of hydrogen-bond donors (Lipinski definition) is 2. The fraction of sp³-hybridized carbons (Fsp3) is 0.200. The summed E-state index contributed by atoms with van der Waals surface area (Å²) >= 11 is 0. The minimum absolute atomic E-state index is 0.206. The van der Waals surface area contributed by atoms with E-state index in [4.69, 9.17) is 11.1 Å². The van der Waals surface area contributed by atoms with E-state index < -0.39 is 12.1 Å². The summed E-state index contributed by atoms with van der Waals surface area (Å²) in [5.74, 6) is -2.88. The number of alkyl halides is 3. The molecule has 0 atom stereocenters. The third-order valence-corrected chi connectivity index (χ3v) is 2.01. The first-order chi connectivity index (χ1) is 7.73. The lowest BCUT2D eigenvalue weighted by atomic mass is 10.1. The maximum Gasteiger partial charge on any atom is 0.491 e. The zero-order valence-electron chi connectivity index (χ0n) is 8.76. The minimum Gasteiger partial charge on any atom is -0.420 e. The normalized spacial score (nSPS) is 11.1. The molecule has 7 heteroatoms. The van der Waals surface area contributed by atoms with Crippen LogP contribution in [0, 0.1) is 12.3 Å². The molecule has 17 heavy (non-hydrogen) atoms. The highest BCUT2D eigenvalue weighted by atomic mass is 19.4. The van der Waals surface area contributed by atoms with Gasteiger partial charge in [-0.1, -0.05) is 12.1 Å². The van der Waals surface area contributed by atoms with Crippen molar-refractivity contribution in [2.45, 2.75) is 13.1 Å². The van der Waals surface area contributed by atoms with Crippen LogP contribution in [0.5, 0.6) is 5.75 Å². The zero-order chi connectivity index (χ0) is 13.2. The van der Waals surface area contributed by atoms with Gasteiger partial charge in [0, 0.05) is 11.1 Å². The number of rotatable bonds is 2. The van der Waals surface area contributed by atoms with Crippen molar-refractivity contribution >= 4 is 11.8 Å². The molecule has 92 valence electrons. The second-order valence-electron chi connectivity index (χ2n) is 3.23. The molecule has 1 rings (SSSR count). The van der Waals surface area contributed by atoms with Crippen LogP contribution in [0.1, 0.15) is 11.1 Å². The van der Waals surface area contributed by atoms with Gasteiger partial charge in [-0.05, 0) is 13.0 Å². The van der Waals surface area contributed by atoms with Crippen LogP contribution < -0.4 is 10.5 Å². The summed E-state index contributed by atoms with van der Waals surface area (Å²) in [5, 5.41) is 7.19. The second-order valence-corrected chi connectivity index (χ2v) is 3.23. The van der Waals surface area contributed by atoms with Crippen LogP contribution in [0.3, 0.4) is 0 Å². The monoisotopic (exact) mass is 246 g/mol. The SMILES string of the molecule is Cc1c(OC(=O)C(F)(F)F)cccc1C(=N)N. The van der Waals surface area contributed by atoms with Crippen molar-refractivity contribution in [2.24, 2.45) is 5.73 Å². The summed E-state index contributed by atoms with van der Waals surface area (Å²) in [6, 6.07) is 4.00. The highest BCUT2D eigenvalue weighted by Gasteiger charge is 2.41. The topological polar surface area (TPSA) is 76.2 Å². The molecule has 1 aromatic rings. The largest absolute Gasteiger partial charge is 0.491 e. The lowest BCUT2D eigenvalue weighted by molar-refractivity contribution is -0.189. The highest BCUT2D eigenvalue weighted by molar-refractivity contribution is 5.97. The molecule has 0 radical (unpaired) electrons. The Morgan fingerprint density at radius 3 is 2.47 bits per heavy atom. The van der Waals surface area contributed by atoms with Gasteiger partial charge in [0.1, 0.15) is 11.6 Å². The van der Waals surface area contributed by atoms with Crippen molar-refractivity contribution in [1.29, 1.82) is 5.41 Å². The molecule has 0 aromatic heterocycles. The zero-order valence-corrected chi connectivity index (χ0v) is 8.76. The average Bonchev–Trinajstić information content (AvgIpc) is 2.19. The summed E-state index contributed by atoms with van der Waals surface area (Å²) in [6.45, 7) is 1.41. The summed E-state index contributed by atoms with van der Waals surface area (Å²) < 4.78 is 40.1. The molecule has 0 heterocycles. The van der Waals surface area contributed by atoms with Crippen LogP contribution in [0.15, 0.2) is 18.2 Å². The Bertz CT molecular complexity index is 469. The van der Waals surface area contributed by atoms with E-state index in [1.54, 1.807) is 0 Å². The van der Waals surface area contributed by atoms with Crippen LogP contribution >= 0.6 is 0 Å². The molecule has 0 amide bonds. The quantitative estimate of drug-likeness (QED) is 0.361. The Labute approximate surface area is 94.7 Å². The van der Waals surface area contributed by atoms with E-state index in [2.05, 4.69) is 4.74 Å². The fourth-order valence-corrected chi connectivity index (χ4v) is 1.17. The van der Waals surface area contributed by atoms with Gasteiger partial charge < -0.3 is 10.5 Å². The third-order valence-electron chi connectivity index (χ3n) is 2.01. The molecule has 0 fully saturated rings. The number of carbonyl (C=O) groups excluding carboxylic acids is 1. The predicted molar refractivity (Wildman–Crippen MR) is 53.9 cm³/mol. The van der Waals surface area contributed by atoms with Gasteiger partial charge in [0.2, 0.25) is 0 Å². The molecule has 0 aliphatic carbocycles. The molecular weight excluding hydrogens is 237 g/mol. The number of amidine groups is 1. The summed E-state index contributed by atoms with van der Waals surface area (Å²) in [6.07, 6.45) is -5.06. The van der Waals surface area contributed by atoms with Gasteiger partial charge in [-0.3, -0.25) is 5.41 Å². The number of benzene rings is 1. The van der Waals surface area contributed by atoms with Crippen molar-refractivity contribution in [3.05, 3.63) is 29.3 Å². The lowest BCUT2D eigenvalue weighted by Crippen LogP contribution is -2.28. The first-order valence-corrected chi connectivity index (χ1v) is 4.46. The molecule has 0 saturated carbocycles.